The van der Waals surface area contributed by atoms with E-state index in [1.54, 1.807) is 6.08 Å². The molecule has 7 unspecified atom stereocenters. The minimum atomic E-state index is -1.57. The predicted octanol–water partition coefficient (Wildman–Crippen LogP) is 18.0. The van der Waals surface area contributed by atoms with Crippen molar-refractivity contribution in [3.05, 3.63) is 48.6 Å². The second-order valence-electron chi connectivity index (χ2n) is 23.6. The Balaban J connectivity index is 2.14. The van der Waals surface area contributed by atoms with Gasteiger partial charge in [0.15, 0.2) is 6.29 Å². The molecule has 1 aliphatic rings. The zero-order valence-corrected chi connectivity index (χ0v) is 51.2. The van der Waals surface area contributed by atoms with Crippen molar-refractivity contribution in [2.75, 3.05) is 13.2 Å². The molecular formula is C69H129NO8. The van der Waals surface area contributed by atoms with Crippen LogP contribution in [0.25, 0.3) is 0 Å². The van der Waals surface area contributed by atoms with Gasteiger partial charge < -0.3 is 40.3 Å². The quantitative estimate of drug-likeness (QED) is 0.0261. The van der Waals surface area contributed by atoms with Gasteiger partial charge in [0.1, 0.15) is 24.4 Å². The van der Waals surface area contributed by atoms with Crippen LogP contribution in [0.2, 0.25) is 0 Å². The normalized spacial score (nSPS) is 18.9. The summed E-state index contributed by atoms with van der Waals surface area (Å²) in [5.74, 6) is -0.182. The molecule has 1 fully saturated rings. The lowest BCUT2D eigenvalue weighted by molar-refractivity contribution is -0.302. The van der Waals surface area contributed by atoms with E-state index in [4.69, 9.17) is 9.47 Å². The van der Waals surface area contributed by atoms with Crippen molar-refractivity contribution < 1.29 is 39.8 Å². The Morgan fingerprint density at radius 1 is 0.436 bits per heavy atom. The van der Waals surface area contributed by atoms with Crippen molar-refractivity contribution in [3.63, 3.8) is 0 Å². The van der Waals surface area contributed by atoms with Crippen LogP contribution in [0, 0.1) is 0 Å². The van der Waals surface area contributed by atoms with Crippen molar-refractivity contribution in [3.8, 4) is 0 Å². The molecule has 9 nitrogen and oxygen atoms in total. The summed E-state index contributed by atoms with van der Waals surface area (Å²) >= 11 is 0. The Kier molecular flexibility index (Phi) is 55.5. The molecule has 1 aliphatic heterocycles. The summed E-state index contributed by atoms with van der Waals surface area (Å²) in [4.78, 5) is 13.1. The van der Waals surface area contributed by atoms with E-state index < -0.39 is 49.5 Å². The number of hydrogen-bond acceptors (Lipinski definition) is 8. The molecule has 9 heteroatoms. The molecule has 0 aromatic heterocycles. The molecule has 458 valence electrons. The summed E-state index contributed by atoms with van der Waals surface area (Å²) < 4.78 is 11.3. The first-order valence-electron chi connectivity index (χ1n) is 33.9. The number of ether oxygens (including phenoxy) is 2. The van der Waals surface area contributed by atoms with Gasteiger partial charge in [-0.3, -0.25) is 4.79 Å². The van der Waals surface area contributed by atoms with Gasteiger partial charge in [0.05, 0.1) is 25.4 Å². The maximum Gasteiger partial charge on any atom is 0.220 e. The van der Waals surface area contributed by atoms with Crippen LogP contribution in [-0.2, 0) is 14.3 Å². The lowest BCUT2D eigenvalue weighted by Crippen LogP contribution is -2.60. The van der Waals surface area contributed by atoms with Gasteiger partial charge >= 0.3 is 0 Å². The molecule has 0 bridgehead atoms. The number of unbranched alkanes of at least 4 members (excludes halogenated alkanes) is 43. The first kappa shape index (κ1) is 74.2. The summed E-state index contributed by atoms with van der Waals surface area (Å²) in [6.07, 6.45) is 72.1. The molecule has 78 heavy (non-hydrogen) atoms. The highest BCUT2D eigenvalue weighted by Crippen LogP contribution is 2.23. The second-order valence-corrected chi connectivity index (χ2v) is 23.6. The van der Waals surface area contributed by atoms with Crippen LogP contribution >= 0.6 is 0 Å². The molecule has 1 heterocycles. The van der Waals surface area contributed by atoms with Crippen molar-refractivity contribution in [2.24, 2.45) is 0 Å². The monoisotopic (exact) mass is 1100 g/mol. The van der Waals surface area contributed by atoms with Crippen LogP contribution in [0.1, 0.15) is 328 Å². The van der Waals surface area contributed by atoms with E-state index in [1.807, 2.05) is 6.08 Å². The number of carbonyl (C=O) groups excluding carboxylic acids is 1. The highest BCUT2D eigenvalue weighted by Gasteiger charge is 2.44. The van der Waals surface area contributed by atoms with Crippen molar-refractivity contribution >= 4 is 5.91 Å². The maximum absolute atomic E-state index is 13.1. The molecule has 0 spiro atoms. The van der Waals surface area contributed by atoms with Crippen LogP contribution in [0.5, 0.6) is 0 Å². The number of amides is 1. The number of rotatable bonds is 59. The van der Waals surface area contributed by atoms with Crippen LogP contribution in [0.4, 0.5) is 0 Å². The van der Waals surface area contributed by atoms with E-state index in [-0.39, 0.29) is 12.5 Å². The molecular weight excluding hydrogens is 971 g/mol. The third-order valence-corrected chi connectivity index (χ3v) is 16.1. The lowest BCUT2D eigenvalue weighted by Gasteiger charge is -2.40. The second kappa shape index (κ2) is 58.4. The Labute approximate surface area is 482 Å². The number of allylic oxidation sites excluding steroid dienone is 7. The molecule has 6 N–H and O–H groups in total. The van der Waals surface area contributed by atoms with Crippen LogP contribution in [-0.4, -0.2) is 87.5 Å². The first-order valence-corrected chi connectivity index (χ1v) is 33.9. The third kappa shape index (κ3) is 46.7. The van der Waals surface area contributed by atoms with Crippen molar-refractivity contribution in [1.82, 2.24) is 5.32 Å². The molecule has 1 rings (SSSR count). The van der Waals surface area contributed by atoms with Gasteiger partial charge in [0, 0.05) is 6.42 Å². The van der Waals surface area contributed by atoms with Crippen LogP contribution in [0.15, 0.2) is 48.6 Å². The summed E-state index contributed by atoms with van der Waals surface area (Å²) in [7, 11) is 0. The van der Waals surface area contributed by atoms with Gasteiger partial charge in [0.2, 0.25) is 5.91 Å². The van der Waals surface area contributed by atoms with Crippen LogP contribution in [0.3, 0.4) is 0 Å². The Hall–Kier alpha value is -1.85. The molecule has 1 saturated heterocycles. The van der Waals surface area contributed by atoms with E-state index in [9.17, 15) is 30.3 Å². The van der Waals surface area contributed by atoms with Gasteiger partial charge in [-0.25, -0.2) is 0 Å². The highest BCUT2D eigenvalue weighted by molar-refractivity contribution is 5.76. The number of hydrogen-bond donors (Lipinski definition) is 6. The molecule has 7 atom stereocenters. The molecule has 0 saturated carbocycles. The number of aliphatic hydroxyl groups is 5. The van der Waals surface area contributed by atoms with Crippen LogP contribution < -0.4 is 5.32 Å². The van der Waals surface area contributed by atoms with Gasteiger partial charge in [-0.2, -0.15) is 0 Å². The summed E-state index contributed by atoms with van der Waals surface area (Å²) in [6, 6.07) is -0.823. The smallest absolute Gasteiger partial charge is 0.220 e. The van der Waals surface area contributed by atoms with E-state index in [0.29, 0.717) is 6.42 Å². The fraction of sp³-hybridized carbons (Fsp3) is 0.870. The average molecular weight is 1100 g/mol. The highest BCUT2D eigenvalue weighted by atomic mass is 16.7. The van der Waals surface area contributed by atoms with E-state index in [1.165, 1.54) is 263 Å². The summed E-state index contributed by atoms with van der Waals surface area (Å²) in [6.45, 7) is 3.80. The average Bonchev–Trinajstić information content (AvgIpc) is 3.45. The van der Waals surface area contributed by atoms with Gasteiger partial charge in [-0.05, 0) is 64.2 Å². The molecule has 0 aromatic carbocycles. The topological polar surface area (TPSA) is 149 Å². The van der Waals surface area contributed by atoms with Crippen molar-refractivity contribution in [1.29, 1.82) is 0 Å². The van der Waals surface area contributed by atoms with E-state index in [0.717, 1.165) is 44.9 Å². The zero-order valence-electron chi connectivity index (χ0n) is 51.2. The fourth-order valence-electron chi connectivity index (χ4n) is 10.8. The minimum Gasteiger partial charge on any atom is -0.394 e. The fourth-order valence-corrected chi connectivity index (χ4v) is 10.8. The summed E-state index contributed by atoms with van der Waals surface area (Å²) in [5.41, 5.74) is 0. The molecule has 0 aliphatic carbocycles. The number of nitrogens with one attached hydrogen (secondary N) is 1. The molecule has 0 aromatic rings. The van der Waals surface area contributed by atoms with E-state index in [2.05, 4.69) is 55.6 Å². The van der Waals surface area contributed by atoms with Gasteiger partial charge in [-0.1, -0.05) is 306 Å². The standard InChI is InChI=1S/C69H129NO8/c1-3-5-7-9-11-13-15-17-19-21-23-25-27-28-29-30-31-32-33-34-35-36-37-39-41-43-45-47-49-51-53-55-57-59-65(73)70-62(61-77-69-68(76)67(75)66(74)64(60-71)78-69)63(72)58-56-54-52-50-48-46-44-42-40-38-26-24-22-20-18-16-14-12-10-8-6-4-2/h23,25,28-29,48,50,56,58,62-64,66-69,71-72,74-76H,3-22,24,26-27,30-47,49,51-55,57,59-61H2,1-2H3,(H,70,73)/b25-23-,29-28-,50-48+,58-56+. The summed E-state index contributed by atoms with van der Waals surface area (Å²) in [5, 5.41) is 54.7. The van der Waals surface area contributed by atoms with E-state index >= 15 is 0 Å². The SMILES string of the molecule is CCCCCCCCCCC/C=C\C/C=C\CCCCCCCCCCCCCCCCCCCC(=O)NC(COC1OC(CO)C(O)C(O)C1O)C(O)/C=C/CC/C=C/CCCCCCCCCCCCCCCCCC. The molecule has 1 amide bonds. The number of carbonyl (C=O) groups is 1. The number of aliphatic hydroxyl groups excluding tert-OH is 5. The van der Waals surface area contributed by atoms with Gasteiger partial charge in [0.25, 0.3) is 0 Å². The van der Waals surface area contributed by atoms with Gasteiger partial charge in [-0.15, -0.1) is 0 Å². The largest absolute Gasteiger partial charge is 0.394 e. The third-order valence-electron chi connectivity index (χ3n) is 16.1. The Bertz CT molecular complexity index is 1370. The predicted molar refractivity (Wildman–Crippen MR) is 332 cm³/mol. The Morgan fingerprint density at radius 3 is 1.15 bits per heavy atom. The first-order chi connectivity index (χ1) is 38.3. The maximum atomic E-state index is 13.1. The Morgan fingerprint density at radius 2 is 0.769 bits per heavy atom. The zero-order chi connectivity index (χ0) is 56.5. The minimum absolute atomic E-state index is 0.182. The molecule has 0 radical (unpaired) electrons. The lowest BCUT2D eigenvalue weighted by atomic mass is 9.99. The van der Waals surface area contributed by atoms with Crippen molar-refractivity contribution in [2.45, 2.75) is 371 Å².